The first kappa shape index (κ1) is 25.8. The molecule has 0 bridgehead atoms. The first-order valence-corrected chi connectivity index (χ1v) is 12.9. The van der Waals surface area contributed by atoms with Gasteiger partial charge in [-0.3, -0.25) is 0 Å². The summed E-state index contributed by atoms with van der Waals surface area (Å²) in [5, 5.41) is 7.12. The number of pyridine rings is 1. The Kier molecular flexibility index (Phi) is 6.91. The molecule has 1 aliphatic rings. The minimum Gasteiger partial charge on any atom is -0.475 e. The number of nitrogen functional groups attached to an aromatic ring is 1. The summed E-state index contributed by atoms with van der Waals surface area (Å²) in [7, 11) is 2.19. The molecule has 5 rings (SSSR count). The third kappa shape index (κ3) is 4.99. The normalized spacial score (nSPS) is 18.9. The van der Waals surface area contributed by atoms with E-state index in [2.05, 4.69) is 62.7 Å². The molecule has 1 aromatic carbocycles. The molecule has 1 saturated heterocycles. The molecule has 13 heteroatoms. The number of fused-ring (bicyclic) bond motifs is 2. The molecule has 192 valence electrons. The molecular formula is C23H25F3N6O3Se. The molecule has 5 N–H and O–H groups in total. The second-order valence-corrected chi connectivity index (χ2v) is 10.7. The van der Waals surface area contributed by atoms with E-state index in [0.717, 1.165) is 33.9 Å². The van der Waals surface area contributed by atoms with Crippen LogP contribution in [0.2, 0.25) is 0 Å². The van der Waals surface area contributed by atoms with Gasteiger partial charge >= 0.3 is 179 Å². The van der Waals surface area contributed by atoms with E-state index in [-0.39, 0.29) is 20.1 Å². The molecular weight excluding hydrogens is 544 g/mol. The van der Waals surface area contributed by atoms with Crippen molar-refractivity contribution in [3.8, 4) is 11.4 Å². The van der Waals surface area contributed by atoms with Crippen molar-refractivity contribution in [3.63, 3.8) is 0 Å². The quantitative estimate of drug-likeness (QED) is 0.273. The maximum atomic E-state index is 12.7. The molecule has 2 unspecified atom stereocenters. The summed E-state index contributed by atoms with van der Waals surface area (Å²) >= 11 is 0.145. The van der Waals surface area contributed by atoms with Crippen molar-refractivity contribution in [3.05, 3.63) is 39.6 Å². The third-order valence-corrected chi connectivity index (χ3v) is 8.31. The van der Waals surface area contributed by atoms with Crippen LogP contribution >= 0.6 is 0 Å². The van der Waals surface area contributed by atoms with Crippen LogP contribution in [0.3, 0.4) is 0 Å². The number of nitrogens with one attached hydrogen (secondary N) is 2. The van der Waals surface area contributed by atoms with Gasteiger partial charge in [0, 0.05) is 0 Å². The number of alkyl halides is 3. The van der Waals surface area contributed by atoms with Crippen LogP contribution < -0.4 is 16.2 Å². The molecule has 4 heterocycles. The van der Waals surface area contributed by atoms with Gasteiger partial charge < -0.3 is 5.11 Å². The summed E-state index contributed by atoms with van der Waals surface area (Å²) in [5.41, 5.74) is 10.9. The smallest absolute Gasteiger partial charge is 0.475 e. The van der Waals surface area contributed by atoms with Crippen LogP contribution in [0.25, 0.3) is 32.2 Å². The van der Waals surface area contributed by atoms with E-state index in [9.17, 15) is 18.0 Å². The zero-order valence-corrected chi connectivity index (χ0v) is 21.4. The number of hydrogen-bond donors (Lipinski definition) is 4. The van der Waals surface area contributed by atoms with Gasteiger partial charge in [-0.15, -0.1) is 0 Å². The molecule has 2 atom stereocenters. The van der Waals surface area contributed by atoms with Gasteiger partial charge in [0.2, 0.25) is 0 Å². The number of aromatic nitrogens is 3. The van der Waals surface area contributed by atoms with Gasteiger partial charge in [-0.2, -0.15) is 13.2 Å². The zero-order chi connectivity index (χ0) is 26.4. The van der Waals surface area contributed by atoms with Gasteiger partial charge in [0.15, 0.2) is 0 Å². The number of likely N-dealkylation sites (N-methyl/N-ethyl adjacent to an activating group) is 1. The van der Waals surface area contributed by atoms with Gasteiger partial charge in [-0.1, -0.05) is 0 Å². The maximum absolute atomic E-state index is 12.7. The average Bonchev–Trinajstić information content (AvgIpc) is 3.43. The molecule has 9 nitrogen and oxygen atoms in total. The van der Waals surface area contributed by atoms with Gasteiger partial charge in [-0.05, 0) is 7.05 Å². The summed E-state index contributed by atoms with van der Waals surface area (Å²) in [5.74, 6) is -2.23. The first-order chi connectivity index (χ1) is 16.9. The second kappa shape index (κ2) is 9.64. The Morgan fingerprint density at radius 3 is 2.42 bits per heavy atom. The Hall–Kier alpha value is -3.28. The number of nitrogens with two attached hydrogens (primary N) is 1. The fourth-order valence-electron chi connectivity index (χ4n) is 4.20. The van der Waals surface area contributed by atoms with Crippen molar-refractivity contribution < 1.29 is 23.1 Å². The van der Waals surface area contributed by atoms with Crippen LogP contribution in [-0.2, 0) is 4.79 Å². The second-order valence-electron chi connectivity index (χ2n) is 8.76. The minimum absolute atomic E-state index is 0.145. The number of imidazole rings is 1. The Morgan fingerprint density at radius 1 is 1.17 bits per heavy atom. The molecule has 36 heavy (non-hydrogen) atoms. The standard InChI is InChI=1S/C21H24N6OSe.C2HF3O2/c1-11-9-27(10-12(2)26(11)3)13-4-5-14-16(8-13)24-20(23-14)17-18(22)19-15(6-7-29-19)25-21(17)28;3-2(4,5)1(6)7/h4-8,11-12H,9-10H2,1-3H3,(H,23,24)(H3,22,25,28);(H,6,7). The summed E-state index contributed by atoms with van der Waals surface area (Å²) < 4.78 is 32.8. The van der Waals surface area contributed by atoms with Crippen molar-refractivity contribution in [1.82, 2.24) is 19.9 Å². The summed E-state index contributed by atoms with van der Waals surface area (Å²) in [6.45, 7) is 6.49. The van der Waals surface area contributed by atoms with Crippen LogP contribution in [0.4, 0.5) is 24.5 Å². The van der Waals surface area contributed by atoms with Gasteiger partial charge in [0.25, 0.3) is 0 Å². The molecule has 0 amide bonds. The third-order valence-electron chi connectivity index (χ3n) is 6.32. The van der Waals surface area contributed by atoms with E-state index < -0.39 is 12.1 Å². The van der Waals surface area contributed by atoms with Gasteiger partial charge in [0.05, 0.1) is 0 Å². The fourth-order valence-corrected chi connectivity index (χ4v) is 5.91. The molecule has 0 saturated carbocycles. The minimum atomic E-state index is -5.08. The van der Waals surface area contributed by atoms with E-state index in [1.807, 2.05) is 12.1 Å². The van der Waals surface area contributed by atoms with Gasteiger partial charge in [0.1, 0.15) is 0 Å². The number of aromatic amines is 2. The van der Waals surface area contributed by atoms with E-state index in [1.54, 1.807) is 0 Å². The van der Waals surface area contributed by atoms with E-state index >= 15 is 0 Å². The van der Waals surface area contributed by atoms with Crippen LogP contribution in [0, 0.1) is 0 Å². The Balaban J connectivity index is 0.000000384. The van der Waals surface area contributed by atoms with Crippen LogP contribution in [0.5, 0.6) is 0 Å². The van der Waals surface area contributed by atoms with Crippen molar-refractivity contribution in [2.75, 3.05) is 30.8 Å². The van der Waals surface area contributed by atoms with Crippen molar-refractivity contribution in [2.24, 2.45) is 0 Å². The predicted molar refractivity (Wildman–Crippen MR) is 134 cm³/mol. The molecule has 1 fully saturated rings. The summed E-state index contributed by atoms with van der Waals surface area (Å²) in [6.07, 6.45) is -5.08. The number of benzene rings is 1. The van der Waals surface area contributed by atoms with E-state index in [4.69, 9.17) is 15.6 Å². The van der Waals surface area contributed by atoms with Crippen molar-refractivity contribution in [1.29, 1.82) is 0 Å². The number of carbonyl (C=O) groups is 1. The topological polar surface area (TPSA) is 131 Å². The zero-order valence-electron chi connectivity index (χ0n) is 19.7. The fraction of sp³-hybridized carbons (Fsp3) is 0.348. The van der Waals surface area contributed by atoms with Crippen LogP contribution in [0.15, 0.2) is 34.0 Å². The number of piperazine rings is 1. The molecule has 0 radical (unpaired) electrons. The molecule has 4 aromatic rings. The van der Waals surface area contributed by atoms with Crippen molar-refractivity contribution >= 4 is 52.7 Å². The predicted octanol–water partition coefficient (Wildman–Crippen LogP) is 2.87. The summed E-state index contributed by atoms with van der Waals surface area (Å²) in [4.78, 5) is 39.4. The summed E-state index contributed by atoms with van der Waals surface area (Å²) in [6, 6.07) is 9.17. The van der Waals surface area contributed by atoms with Crippen LogP contribution in [-0.4, -0.2) is 83.8 Å². The Bertz CT molecular complexity index is 1470. The number of anilines is 2. The number of rotatable bonds is 2. The monoisotopic (exact) mass is 570 g/mol. The Labute approximate surface area is 209 Å². The molecule has 3 aromatic heterocycles. The number of H-pyrrole nitrogens is 2. The number of carboxylic acid groups (broad SMARTS) is 1. The van der Waals surface area contributed by atoms with Crippen molar-refractivity contribution in [2.45, 2.75) is 32.1 Å². The molecule has 0 aliphatic carbocycles. The van der Waals surface area contributed by atoms with Crippen LogP contribution in [0.1, 0.15) is 13.8 Å². The molecule has 0 spiro atoms. The van der Waals surface area contributed by atoms with E-state index in [0.29, 0.717) is 29.2 Å². The van der Waals surface area contributed by atoms with Gasteiger partial charge in [-0.25, -0.2) is 4.79 Å². The number of halogens is 3. The number of hydrogen-bond acceptors (Lipinski definition) is 6. The number of carboxylic acids is 1. The average molecular weight is 569 g/mol. The number of aliphatic carboxylic acids is 1. The number of nitrogens with zero attached hydrogens (tertiary/aromatic N) is 3. The first-order valence-electron chi connectivity index (χ1n) is 11.0. The molecule has 1 aliphatic heterocycles. The van der Waals surface area contributed by atoms with E-state index in [1.165, 1.54) is 5.69 Å². The Morgan fingerprint density at radius 2 is 1.81 bits per heavy atom. The SMILES string of the molecule is CC1CN(c2ccc3nc(-c4c(N)c5[se]ccc5[nH]c4=O)[nH]c3c2)CC(C)N1C.O=C(O)C(F)(F)F.